The Morgan fingerprint density at radius 2 is 1.73 bits per heavy atom. The standard InChI is InChI=1S/C20H20F2N4/c1-3-13(2)23-20-25-18(14-7-5-4-6-8-14)12-19(26-20)24-15-9-10-16(21)17(22)11-15/h4-13H,3H2,1-2H3,(H2,23,24,25,26)/t13-/m1/s1. The van der Waals surface area contributed by atoms with E-state index in [4.69, 9.17) is 0 Å². The van der Waals surface area contributed by atoms with E-state index in [1.54, 1.807) is 6.07 Å². The highest BCUT2D eigenvalue weighted by Crippen LogP contribution is 2.24. The Bertz CT molecular complexity index is 884. The van der Waals surface area contributed by atoms with Gasteiger partial charge in [0, 0.05) is 29.4 Å². The fraction of sp³-hybridized carbons (Fsp3) is 0.200. The Balaban J connectivity index is 1.97. The van der Waals surface area contributed by atoms with Gasteiger partial charge in [0.05, 0.1) is 5.69 Å². The lowest BCUT2D eigenvalue weighted by Gasteiger charge is -2.14. The zero-order valence-electron chi connectivity index (χ0n) is 14.6. The molecule has 0 saturated carbocycles. The maximum atomic E-state index is 13.5. The fourth-order valence-electron chi connectivity index (χ4n) is 2.38. The molecule has 0 spiro atoms. The highest BCUT2D eigenvalue weighted by molar-refractivity contribution is 5.67. The number of nitrogens with one attached hydrogen (secondary N) is 2. The van der Waals surface area contributed by atoms with E-state index in [1.165, 1.54) is 6.07 Å². The molecule has 0 amide bonds. The van der Waals surface area contributed by atoms with E-state index in [-0.39, 0.29) is 6.04 Å². The Kier molecular flexibility index (Phi) is 5.41. The van der Waals surface area contributed by atoms with Gasteiger partial charge in [0.15, 0.2) is 11.6 Å². The molecule has 26 heavy (non-hydrogen) atoms. The van der Waals surface area contributed by atoms with E-state index in [0.717, 1.165) is 29.8 Å². The molecule has 0 saturated heterocycles. The van der Waals surface area contributed by atoms with E-state index in [9.17, 15) is 8.78 Å². The van der Waals surface area contributed by atoms with Crippen LogP contribution < -0.4 is 10.6 Å². The van der Waals surface area contributed by atoms with E-state index >= 15 is 0 Å². The number of nitrogens with zero attached hydrogens (tertiary/aromatic N) is 2. The zero-order valence-corrected chi connectivity index (χ0v) is 14.6. The highest BCUT2D eigenvalue weighted by atomic mass is 19.2. The van der Waals surface area contributed by atoms with Crippen LogP contribution in [0.4, 0.5) is 26.2 Å². The number of benzene rings is 2. The average Bonchev–Trinajstić information content (AvgIpc) is 2.65. The van der Waals surface area contributed by atoms with Gasteiger partial charge in [-0.1, -0.05) is 37.3 Å². The smallest absolute Gasteiger partial charge is 0.225 e. The molecule has 3 rings (SSSR count). The van der Waals surface area contributed by atoms with Crippen LogP contribution in [0.25, 0.3) is 11.3 Å². The van der Waals surface area contributed by atoms with Crippen LogP contribution in [0.3, 0.4) is 0 Å². The van der Waals surface area contributed by atoms with Crippen LogP contribution in [0, 0.1) is 11.6 Å². The number of anilines is 3. The number of aromatic nitrogens is 2. The van der Waals surface area contributed by atoms with Gasteiger partial charge in [-0.25, -0.2) is 13.8 Å². The predicted octanol–water partition coefficient (Wildman–Crippen LogP) is 5.38. The minimum Gasteiger partial charge on any atom is -0.352 e. The van der Waals surface area contributed by atoms with Gasteiger partial charge in [-0.2, -0.15) is 4.98 Å². The average molecular weight is 354 g/mol. The molecule has 0 aliphatic carbocycles. The summed E-state index contributed by atoms with van der Waals surface area (Å²) >= 11 is 0. The summed E-state index contributed by atoms with van der Waals surface area (Å²) in [6.07, 6.45) is 0.921. The van der Waals surface area contributed by atoms with E-state index in [1.807, 2.05) is 37.3 Å². The van der Waals surface area contributed by atoms with Gasteiger partial charge in [-0.3, -0.25) is 0 Å². The van der Waals surface area contributed by atoms with Crippen LogP contribution in [0.2, 0.25) is 0 Å². The van der Waals surface area contributed by atoms with Crippen molar-refractivity contribution in [2.75, 3.05) is 10.6 Å². The quantitative estimate of drug-likeness (QED) is 0.624. The van der Waals surface area contributed by atoms with E-state index in [2.05, 4.69) is 27.5 Å². The summed E-state index contributed by atoms with van der Waals surface area (Å²) in [7, 11) is 0. The molecule has 2 N–H and O–H groups in total. The Labute approximate surface area is 151 Å². The Morgan fingerprint density at radius 1 is 0.962 bits per heavy atom. The summed E-state index contributed by atoms with van der Waals surface area (Å²) in [5.74, 6) is -0.825. The summed E-state index contributed by atoms with van der Waals surface area (Å²) in [5.41, 5.74) is 2.09. The second kappa shape index (κ2) is 7.91. The number of hydrogen-bond donors (Lipinski definition) is 2. The van der Waals surface area contributed by atoms with Crippen LogP contribution in [-0.2, 0) is 0 Å². The second-order valence-electron chi connectivity index (χ2n) is 6.04. The van der Waals surface area contributed by atoms with Gasteiger partial charge in [-0.15, -0.1) is 0 Å². The van der Waals surface area contributed by atoms with Crippen LogP contribution >= 0.6 is 0 Å². The fourth-order valence-corrected chi connectivity index (χ4v) is 2.38. The van der Waals surface area contributed by atoms with Crippen molar-refractivity contribution in [1.82, 2.24) is 9.97 Å². The third kappa shape index (κ3) is 4.33. The molecule has 0 bridgehead atoms. The molecule has 1 heterocycles. The summed E-state index contributed by atoms with van der Waals surface area (Å²) in [5, 5.41) is 6.27. The topological polar surface area (TPSA) is 49.8 Å². The minimum absolute atomic E-state index is 0.206. The van der Waals surface area contributed by atoms with Crippen molar-refractivity contribution in [3.8, 4) is 11.3 Å². The van der Waals surface area contributed by atoms with Crippen molar-refractivity contribution in [2.45, 2.75) is 26.3 Å². The molecule has 3 aromatic rings. The molecule has 0 radical (unpaired) electrons. The zero-order chi connectivity index (χ0) is 18.5. The van der Waals surface area contributed by atoms with Gasteiger partial charge in [0.1, 0.15) is 5.82 Å². The first kappa shape index (κ1) is 17.8. The van der Waals surface area contributed by atoms with Crippen molar-refractivity contribution in [1.29, 1.82) is 0 Å². The molecule has 0 unspecified atom stereocenters. The van der Waals surface area contributed by atoms with Gasteiger partial charge in [0.2, 0.25) is 5.95 Å². The molecule has 134 valence electrons. The number of hydrogen-bond acceptors (Lipinski definition) is 4. The lowest BCUT2D eigenvalue weighted by Crippen LogP contribution is -2.16. The maximum Gasteiger partial charge on any atom is 0.225 e. The molecule has 0 fully saturated rings. The van der Waals surface area contributed by atoms with Crippen LogP contribution in [0.5, 0.6) is 0 Å². The van der Waals surface area contributed by atoms with Gasteiger partial charge < -0.3 is 10.6 Å². The molecular formula is C20H20F2N4. The van der Waals surface area contributed by atoms with Crippen molar-refractivity contribution in [2.24, 2.45) is 0 Å². The molecular weight excluding hydrogens is 334 g/mol. The summed E-state index contributed by atoms with van der Waals surface area (Å²) in [4.78, 5) is 9.01. The summed E-state index contributed by atoms with van der Waals surface area (Å²) < 4.78 is 26.6. The first-order valence-electron chi connectivity index (χ1n) is 8.48. The SMILES string of the molecule is CC[C@@H](C)Nc1nc(Nc2ccc(F)c(F)c2)cc(-c2ccccc2)n1. The first-order chi connectivity index (χ1) is 12.5. The largest absolute Gasteiger partial charge is 0.352 e. The third-order valence-electron chi connectivity index (χ3n) is 3.98. The lowest BCUT2D eigenvalue weighted by molar-refractivity contribution is 0.509. The lowest BCUT2D eigenvalue weighted by atomic mass is 10.1. The number of halogens is 2. The normalized spacial score (nSPS) is 11.8. The molecule has 6 heteroatoms. The predicted molar refractivity (Wildman–Crippen MR) is 100 cm³/mol. The summed E-state index contributed by atoms with van der Waals surface area (Å²) in [6, 6.07) is 15.3. The number of rotatable bonds is 6. The molecule has 1 aromatic heterocycles. The Hall–Kier alpha value is -3.02. The van der Waals surface area contributed by atoms with Crippen molar-refractivity contribution >= 4 is 17.5 Å². The minimum atomic E-state index is -0.912. The van der Waals surface area contributed by atoms with Crippen molar-refractivity contribution in [3.05, 3.63) is 66.2 Å². The molecule has 0 aliphatic heterocycles. The second-order valence-corrected chi connectivity index (χ2v) is 6.04. The van der Waals surface area contributed by atoms with Crippen molar-refractivity contribution in [3.63, 3.8) is 0 Å². The maximum absolute atomic E-state index is 13.5. The van der Waals surface area contributed by atoms with Crippen LogP contribution in [0.1, 0.15) is 20.3 Å². The van der Waals surface area contributed by atoms with Crippen LogP contribution in [0.15, 0.2) is 54.6 Å². The van der Waals surface area contributed by atoms with Gasteiger partial charge >= 0.3 is 0 Å². The van der Waals surface area contributed by atoms with Crippen molar-refractivity contribution < 1.29 is 8.78 Å². The molecule has 1 atom stereocenters. The van der Waals surface area contributed by atoms with E-state index in [0.29, 0.717) is 17.5 Å². The van der Waals surface area contributed by atoms with E-state index < -0.39 is 11.6 Å². The van der Waals surface area contributed by atoms with Gasteiger partial charge in [0.25, 0.3) is 0 Å². The molecule has 4 nitrogen and oxygen atoms in total. The summed E-state index contributed by atoms with van der Waals surface area (Å²) in [6.45, 7) is 4.11. The Morgan fingerprint density at radius 3 is 2.42 bits per heavy atom. The highest BCUT2D eigenvalue weighted by Gasteiger charge is 2.10. The third-order valence-corrected chi connectivity index (χ3v) is 3.98. The molecule has 0 aliphatic rings. The first-order valence-corrected chi connectivity index (χ1v) is 8.48. The van der Waals surface area contributed by atoms with Crippen LogP contribution in [-0.4, -0.2) is 16.0 Å². The monoisotopic (exact) mass is 354 g/mol. The van der Waals surface area contributed by atoms with Gasteiger partial charge in [-0.05, 0) is 25.5 Å². The molecule has 2 aromatic carbocycles.